The first-order chi connectivity index (χ1) is 20.6. The van der Waals surface area contributed by atoms with Crippen LogP contribution in [0.15, 0.2) is 78.9 Å². The number of hydrogen-bond donors (Lipinski definition) is 2. The number of ether oxygens (including phenoxy) is 1. The fourth-order valence-corrected chi connectivity index (χ4v) is 7.81. The number of anilines is 1. The maximum absolute atomic E-state index is 13.6. The molecule has 10 nitrogen and oxygen atoms in total. The number of rotatable bonds is 13. The molecule has 0 bridgehead atoms. The fraction of sp³-hybridized carbons (Fsp3) is 0.323. The zero-order valence-corrected chi connectivity index (χ0v) is 25.6. The lowest BCUT2D eigenvalue weighted by Gasteiger charge is -2.27. The van der Waals surface area contributed by atoms with Gasteiger partial charge in [0.15, 0.2) is 0 Å². The van der Waals surface area contributed by atoms with Crippen LogP contribution in [0.2, 0.25) is 0 Å². The number of carboxylic acid groups (broad SMARTS) is 1. The minimum absolute atomic E-state index is 0.0829. The van der Waals surface area contributed by atoms with Gasteiger partial charge < -0.3 is 20.1 Å². The number of carbonyl (C=O) groups is 3. The molecule has 3 aromatic rings. The third-order valence-corrected chi connectivity index (χ3v) is 10.3. The number of nitrogens with zero attached hydrogens (tertiary/aromatic N) is 2. The summed E-state index contributed by atoms with van der Waals surface area (Å²) in [5, 5.41) is 11.6. The van der Waals surface area contributed by atoms with E-state index >= 15 is 0 Å². The summed E-state index contributed by atoms with van der Waals surface area (Å²) in [6.07, 6.45) is 0.649. The number of methoxy groups -OCH3 is 1. The van der Waals surface area contributed by atoms with Crippen molar-refractivity contribution < 1.29 is 32.6 Å². The topological polar surface area (TPSA) is 133 Å². The van der Waals surface area contributed by atoms with E-state index in [0.29, 0.717) is 24.3 Å². The number of carboxylic acids is 1. The Bertz CT molecular complexity index is 1520. The third-order valence-electron chi connectivity index (χ3n) is 7.17. The maximum Gasteiger partial charge on any atom is 0.335 e. The first-order valence-corrected chi connectivity index (χ1v) is 16.4. The van der Waals surface area contributed by atoms with Crippen molar-refractivity contribution in [3.63, 3.8) is 0 Å². The van der Waals surface area contributed by atoms with Crippen molar-refractivity contribution in [3.05, 3.63) is 95.6 Å². The molecule has 2 unspecified atom stereocenters. The molecule has 12 heteroatoms. The van der Waals surface area contributed by atoms with Gasteiger partial charge in [-0.2, -0.15) is 16.1 Å². The molecule has 0 saturated carbocycles. The third kappa shape index (κ3) is 8.82. The monoisotopic (exact) mass is 625 g/mol. The molecule has 228 valence electrons. The molecular formula is C31H35N3O7S2. The van der Waals surface area contributed by atoms with Crippen LogP contribution in [0.3, 0.4) is 0 Å². The van der Waals surface area contributed by atoms with Gasteiger partial charge in [0, 0.05) is 30.3 Å². The van der Waals surface area contributed by atoms with Crippen LogP contribution >= 0.6 is 11.8 Å². The summed E-state index contributed by atoms with van der Waals surface area (Å²) in [6, 6.07) is 21.7. The molecule has 2 N–H and O–H groups in total. The quantitative estimate of drug-likeness (QED) is 0.294. The Labute approximate surface area is 256 Å². The van der Waals surface area contributed by atoms with Crippen LogP contribution in [0.4, 0.5) is 5.69 Å². The van der Waals surface area contributed by atoms with Crippen molar-refractivity contribution in [2.24, 2.45) is 0 Å². The van der Waals surface area contributed by atoms with Crippen LogP contribution in [0.25, 0.3) is 0 Å². The molecule has 43 heavy (non-hydrogen) atoms. The molecule has 2 atom stereocenters. The number of thioether (sulfide) groups is 1. The van der Waals surface area contributed by atoms with Crippen LogP contribution in [0, 0.1) is 0 Å². The van der Waals surface area contributed by atoms with Crippen molar-refractivity contribution in [2.75, 3.05) is 38.3 Å². The lowest BCUT2D eigenvalue weighted by molar-refractivity contribution is -0.136. The van der Waals surface area contributed by atoms with Crippen molar-refractivity contribution in [2.45, 2.75) is 29.9 Å². The Hall–Kier alpha value is -3.87. The Kier molecular flexibility index (Phi) is 10.8. The van der Waals surface area contributed by atoms with Gasteiger partial charge in [0.05, 0.1) is 25.0 Å². The number of likely N-dealkylation sites (N-methyl/N-ethyl adjacent to an activating group) is 1. The number of carbonyl (C=O) groups excluding carboxylic acids is 2. The molecule has 1 fully saturated rings. The Morgan fingerprint density at radius 3 is 2.30 bits per heavy atom. The molecule has 1 heterocycles. The van der Waals surface area contributed by atoms with E-state index in [-0.39, 0.29) is 29.7 Å². The van der Waals surface area contributed by atoms with Gasteiger partial charge in [0.1, 0.15) is 11.8 Å². The second-order valence-electron chi connectivity index (χ2n) is 10.3. The van der Waals surface area contributed by atoms with E-state index in [1.165, 1.54) is 40.5 Å². The number of nitrogens with one attached hydrogen (secondary N) is 1. The van der Waals surface area contributed by atoms with Crippen LogP contribution in [-0.2, 0) is 31.8 Å². The normalized spacial score (nSPS) is 16.9. The second kappa shape index (κ2) is 14.5. The van der Waals surface area contributed by atoms with Gasteiger partial charge in [-0.25, -0.2) is 13.2 Å². The van der Waals surface area contributed by atoms with Gasteiger partial charge in [0.25, 0.3) is 0 Å². The molecular weight excluding hydrogens is 590 g/mol. The van der Waals surface area contributed by atoms with Gasteiger partial charge >= 0.3 is 5.97 Å². The van der Waals surface area contributed by atoms with E-state index in [2.05, 4.69) is 5.32 Å². The number of hydrogen-bond acceptors (Lipinski definition) is 7. The molecule has 0 spiro atoms. The second-order valence-corrected chi connectivity index (χ2v) is 13.6. The maximum atomic E-state index is 13.6. The van der Waals surface area contributed by atoms with Gasteiger partial charge in [-0.1, -0.05) is 42.5 Å². The number of amides is 2. The summed E-state index contributed by atoms with van der Waals surface area (Å²) in [6.45, 7) is -0.0953. The fourth-order valence-electron chi connectivity index (χ4n) is 4.81. The summed E-state index contributed by atoms with van der Waals surface area (Å²) in [5.74, 6) is -0.753. The molecule has 0 aliphatic carbocycles. The zero-order valence-electron chi connectivity index (χ0n) is 24.0. The van der Waals surface area contributed by atoms with E-state index in [0.717, 1.165) is 16.9 Å². The Morgan fingerprint density at radius 1 is 1.00 bits per heavy atom. The average molecular weight is 626 g/mol. The molecule has 4 rings (SSSR count). The number of benzene rings is 3. The zero-order chi connectivity index (χ0) is 31.0. The first kappa shape index (κ1) is 32.1. The Balaban J connectivity index is 1.44. The number of aromatic carboxylic acids is 1. The van der Waals surface area contributed by atoms with E-state index in [1.54, 1.807) is 18.9 Å². The summed E-state index contributed by atoms with van der Waals surface area (Å²) in [7, 11) is -0.715. The molecule has 1 saturated heterocycles. The van der Waals surface area contributed by atoms with Crippen LogP contribution < -0.4 is 10.1 Å². The van der Waals surface area contributed by atoms with Gasteiger partial charge in [0.2, 0.25) is 21.8 Å². The first-order valence-electron chi connectivity index (χ1n) is 13.7. The summed E-state index contributed by atoms with van der Waals surface area (Å²) >= 11 is 1.60. The standard InChI is InChI=1S/C31H35N3O7S2/c1-33(20-29(35)32-25-12-10-24(11-13-25)31(37)38)30(36)28-18-27(42-21-23-8-14-26(41-2)15-9-23)19-34(28)43(39,40)17-16-22-6-4-3-5-7-22/h3-15,27-28H,16-21H2,1-2H3,(H,32,35)(H,37,38). The van der Waals surface area contributed by atoms with E-state index in [4.69, 9.17) is 9.84 Å². The number of sulfonamides is 1. The summed E-state index contributed by atoms with van der Waals surface area (Å²) in [5.41, 5.74) is 2.42. The SMILES string of the molecule is COc1ccc(CSC2CC(C(=O)N(C)CC(=O)Nc3ccc(C(=O)O)cc3)N(S(=O)(=O)CCc3ccccc3)C2)cc1. The van der Waals surface area contributed by atoms with Crippen LogP contribution in [-0.4, -0.2) is 84.8 Å². The minimum atomic E-state index is -3.79. The highest BCUT2D eigenvalue weighted by molar-refractivity contribution is 7.99. The van der Waals surface area contributed by atoms with Gasteiger partial charge in [-0.05, 0) is 60.4 Å². The predicted molar refractivity (Wildman–Crippen MR) is 167 cm³/mol. The predicted octanol–water partition coefficient (Wildman–Crippen LogP) is 3.74. The highest BCUT2D eigenvalue weighted by Gasteiger charge is 2.44. The molecule has 3 aromatic carbocycles. The molecule has 1 aliphatic rings. The van der Waals surface area contributed by atoms with Crippen LogP contribution in [0.1, 0.15) is 27.9 Å². The van der Waals surface area contributed by atoms with Crippen molar-refractivity contribution >= 4 is 45.3 Å². The van der Waals surface area contributed by atoms with Crippen molar-refractivity contribution in [1.82, 2.24) is 9.21 Å². The minimum Gasteiger partial charge on any atom is -0.497 e. The number of aryl methyl sites for hydroxylation is 1. The molecule has 0 aromatic heterocycles. The lowest BCUT2D eigenvalue weighted by Crippen LogP contribution is -2.48. The van der Waals surface area contributed by atoms with Gasteiger partial charge in [-0.3, -0.25) is 9.59 Å². The molecule has 2 amide bonds. The highest BCUT2D eigenvalue weighted by Crippen LogP contribution is 2.33. The smallest absolute Gasteiger partial charge is 0.335 e. The summed E-state index contributed by atoms with van der Waals surface area (Å²) in [4.78, 5) is 38.6. The highest BCUT2D eigenvalue weighted by atomic mass is 32.2. The average Bonchev–Trinajstić information content (AvgIpc) is 3.45. The van der Waals surface area contributed by atoms with E-state index in [1.807, 2.05) is 54.6 Å². The van der Waals surface area contributed by atoms with E-state index in [9.17, 15) is 22.8 Å². The largest absolute Gasteiger partial charge is 0.497 e. The van der Waals surface area contributed by atoms with E-state index < -0.39 is 33.8 Å². The van der Waals surface area contributed by atoms with Crippen molar-refractivity contribution in [3.8, 4) is 5.75 Å². The lowest BCUT2D eigenvalue weighted by atomic mass is 10.2. The van der Waals surface area contributed by atoms with Crippen LogP contribution in [0.5, 0.6) is 5.75 Å². The summed E-state index contributed by atoms with van der Waals surface area (Å²) < 4.78 is 33.7. The van der Waals surface area contributed by atoms with Gasteiger partial charge in [-0.15, -0.1) is 0 Å². The van der Waals surface area contributed by atoms with Crippen molar-refractivity contribution in [1.29, 1.82) is 0 Å². The molecule has 0 radical (unpaired) electrons. The molecule has 1 aliphatic heterocycles. The Morgan fingerprint density at radius 2 is 1.67 bits per heavy atom.